The van der Waals surface area contributed by atoms with Crippen LogP contribution in [0.4, 0.5) is 13.2 Å². The summed E-state index contributed by atoms with van der Waals surface area (Å²) in [5.41, 5.74) is 4.22. The van der Waals surface area contributed by atoms with Gasteiger partial charge in [0.2, 0.25) is 0 Å². The molecule has 5 nitrogen and oxygen atoms in total. The van der Waals surface area contributed by atoms with Crippen LogP contribution >= 0.6 is 0 Å². The highest BCUT2D eigenvalue weighted by Gasteiger charge is 2.30. The molecule has 2 rings (SSSR count). The Kier molecular flexibility index (Phi) is 3.19. The summed E-state index contributed by atoms with van der Waals surface area (Å²) in [4.78, 5) is 11.6. The highest BCUT2D eigenvalue weighted by atomic mass is 19.4. The number of hydrogen-bond donors (Lipinski definition) is 2. The fourth-order valence-electron chi connectivity index (χ4n) is 1.69. The number of rotatable bonds is 2. The lowest BCUT2D eigenvalue weighted by molar-refractivity contribution is -0.137. The molecule has 1 aromatic heterocycles. The van der Waals surface area contributed by atoms with Crippen molar-refractivity contribution >= 4 is 0 Å². The van der Waals surface area contributed by atoms with Crippen molar-refractivity contribution in [2.75, 3.05) is 0 Å². The molecule has 3 N–H and O–H groups in total. The average Bonchev–Trinajstić information content (AvgIpc) is 2.70. The van der Waals surface area contributed by atoms with Crippen LogP contribution < -0.4 is 11.4 Å². The van der Waals surface area contributed by atoms with Gasteiger partial charge in [0.1, 0.15) is 0 Å². The summed E-state index contributed by atoms with van der Waals surface area (Å²) in [6, 6.07) is 3.83. The minimum Gasteiger partial charge on any atom is -0.322 e. The fraction of sp³-hybridized carbons (Fsp3) is 0.273. The van der Waals surface area contributed by atoms with E-state index < -0.39 is 23.5 Å². The standard InChI is InChI=1S/C11H11F3N4O/c1-6(15)9-16-17-10(19)18(9)8-4-2-3-7(5-8)11(12,13)14/h2-6H,15H2,1H3,(H,17,19). The van der Waals surface area contributed by atoms with Crippen molar-refractivity contribution in [1.29, 1.82) is 0 Å². The SMILES string of the molecule is CC(N)c1n[nH]c(=O)n1-c1cccc(C(F)(F)F)c1. The first-order chi connectivity index (χ1) is 8.80. The smallest absolute Gasteiger partial charge is 0.322 e. The number of halogens is 3. The minimum absolute atomic E-state index is 0.0703. The number of nitrogens with two attached hydrogens (primary N) is 1. The average molecular weight is 272 g/mol. The topological polar surface area (TPSA) is 76.7 Å². The molecule has 2 aromatic rings. The molecule has 19 heavy (non-hydrogen) atoms. The van der Waals surface area contributed by atoms with Gasteiger partial charge in [-0.2, -0.15) is 18.3 Å². The van der Waals surface area contributed by atoms with Gasteiger partial charge in [-0.3, -0.25) is 0 Å². The third-order valence-corrected chi connectivity index (χ3v) is 2.54. The Balaban J connectivity index is 2.60. The van der Waals surface area contributed by atoms with Crippen molar-refractivity contribution in [3.05, 3.63) is 46.1 Å². The maximum atomic E-state index is 12.6. The number of nitrogens with one attached hydrogen (secondary N) is 1. The number of hydrogen-bond acceptors (Lipinski definition) is 3. The first-order valence-corrected chi connectivity index (χ1v) is 5.41. The summed E-state index contributed by atoms with van der Waals surface area (Å²) in [5.74, 6) is 0.171. The predicted molar refractivity (Wildman–Crippen MR) is 61.8 cm³/mol. The van der Waals surface area contributed by atoms with E-state index in [9.17, 15) is 18.0 Å². The number of nitrogens with zero attached hydrogens (tertiary/aromatic N) is 2. The van der Waals surface area contributed by atoms with Crippen LogP contribution in [0.3, 0.4) is 0 Å². The first-order valence-electron chi connectivity index (χ1n) is 5.41. The Labute approximate surface area is 105 Å². The molecule has 0 radical (unpaired) electrons. The van der Waals surface area contributed by atoms with E-state index in [1.54, 1.807) is 6.92 Å². The van der Waals surface area contributed by atoms with Crippen LogP contribution in [0, 0.1) is 0 Å². The van der Waals surface area contributed by atoms with Gasteiger partial charge >= 0.3 is 11.9 Å². The van der Waals surface area contributed by atoms with Crippen LogP contribution in [0.2, 0.25) is 0 Å². The molecule has 0 fully saturated rings. The molecule has 0 bridgehead atoms. The highest BCUT2D eigenvalue weighted by molar-refractivity contribution is 5.38. The molecule has 102 valence electrons. The number of aromatic amines is 1. The summed E-state index contributed by atoms with van der Waals surface area (Å²) in [6.45, 7) is 1.58. The van der Waals surface area contributed by atoms with Gasteiger partial charge in [0.15, 0.2) is 5.82 Å². The third-order valence-electron chi connectivity index (χ3n) is 2.54. The second-order valence-corrected chi connectivity index (χ2v) is 4.06. The van der Waals surface area contributed by atoms with E-state index in [0.29, 0.717) is 0 Å². The summed E-state index contributed by atoms with van der Waals surface area (Å²) < 4.78 is 38.9. The Morgan fingerprint density at radius 2 is 2.11 bits per heavy atom. The second kappa shape index (κ2) is 4.54. The van der Waals surface area contributed by atoms with Gasteiger partial charge in [-0.05, 0) is 25.1 Å². The summed E-state index contributed by atoms with van der Waals surface area (Å²) >= 11 is 0. The van der Waals surface area contributed by atoms with Gasteiger partial charge < -0.3 is 5.73 Å². The number of alkyl halides is 3. The van der Waals surface area contributed by atoms with Crippen LogP contribution in [0.5, 0.6) is 0 Å². The normalized spacial score (nSPS) is 13.5. The van der Waals surface area contributed by atoms with Gasteiger partial charge in [0.05, 0.1) is 17.3 Å². The van der Waals surface area contributed by atoms with E-state index in [4.69, 9.17) is 5.73 Å². The predicted octanol–water partition coefficient (Wildman–Crippen LogP) is 1.60. The van der Waals surface area contributed by atoms with E-state index in [2.05, 4.69) is 10.2 Å². The fourth-order valence-corrected chi connectivity index (χ4v) is 1.69. The Hall–Kier alpha value is -2.09. The van der Waals surface area contributed by atoms with Gasteiger partial charge in [0.25, 0.3) is 0 Å². The van der Waals surface area contributed by atoms with Crippen molar-refractivity contribution < 1.29 is 13.2 Å². The van der Waals surface area contributed by atoms with Crippen molar-refractivity contribution in [3.8, 4) is 5.69 Å². The van der Waals surface area contributed by atoms with Gasteiger partial charge in [-0.15, -0.1) is 0 Å². The van der Waals surface area contributed by atoms with Crippen LogP contribution in [-0.4, -0.2) is 14.8 Å². The zero-order valence-electron chi connectivity index (χ0n) is 9.90. The molecule has 0 amide bonds. The molecule has 0 aliphatic carbocycles. The lowest BCUT2D eigenvalue weighted by Gasteiger charge is -2.11. The summed E-state index contributed by atoms with van der Waals surface area (Å²) in [7, 11) is 0. The maximum Gasteiger partial charge on any atom is 0.416 e. The number of aromatic nitrogens is 3. The van der Waals surface area contributed by atoms with Gasteiger partial charge in [-0.1, -0.05) is 6.07 Å². The van der Waals surface area contributed by atoms with Crippen LogP contribution in [0.25, 0.3) is 5.69 Å². The molecule has 0 saturated heterocycles. The van der Waals surface area contributed by atoms with Crippen molar-refractivity contribution in [3.63, 3.8) is 0 Å². The molecule has 1 atom stereocenters. The number of H-pyrrole nitrogens is 1. The molecular weight excluding hydrogens is 261 g/mol. The largest absolute Gasteiger partial charge is 0.416 e. The maximum absolute atomic E-state index is 12.6. The van der Waals surface area contributed by atoms with Crippen LogP contribution in [0.1, 0.15) is 24.4 Å². The Morgan fingerprint density at radius 3 is 2.68 bits per heavy atom. The van der Waals surface area contributed by atoms with Gasteiger partial charge in [-0.25, -0.2) is 14.5 Å². The van der Waals surface area contributed by atoms with E-state index in [-0.39, 0.29) is 11.5 Å². The van der Waals surface area contributed by atoms with E-state index >= 15 is 0 Å². The lowest BCUT2D eigenvalue weighted by atomic mass is 10.2. The molecule has 0 spiro atoms. The van der Waals surface area contributed by atoms with Crippen molar-refractivity contribution in [2.45, 2.75) is 19.1 Å². The zero-order chi connectivity index (χ0) is 14.2. The minimum atomic E-state index is -4.47. The summed E-state index contributed by atoms with van der Waals surface area (Å²) in [6.07, 6.45) is -4.47. The zero-order valence-corrected chi connectivity index (χ0v) is 9.90. The first kappa shape index (κ1) is 13.3. The molecule has 1 heterocycles. The van der Waals surface area contributed by atoms with Crippen molar-refractivity contribution in [2.24, 2.45) is 5.73 Å². The molecule has 0 aliphatic heterocycles. The van der Waals surface area contributed by atoms with E-state index in [0.717, 1.165) is 16.7 Å². The van der Waals surface area contributed by atoms with Crippen LogP contribution in [-0.2, 0) is 6.18 Å². The monoisotopic (exact) mass is 272 g/mol. The van der Waals surface area contributed by atoms with Gasteiger partial charge in [0, 0.05) is 0 Å². The molecule has 1 unspecified atom stereocenters. The van der Waals surface area contributed by atoms with Crippen molar-refractivity contribution in [1.82, 2.24) is 14.8 Å². The quantitative estimate of drug-likeness (QED) is 0.871. The Bertz CT molecular complexity index is 642. The van der Waals surface area contributed by atoms with E-state index in [1.807, 2.05) is 0 Å². The Morgan fingerprint density at radius 1 is 1.42 bits per heavy atom. The number of benzene rings is 1. The lowest BCUT2D eigenvalue weighted by Crippen LogP contribution is -2.21. The molecular formula is C11H11F3N4O. The molecule has 0 aliphatic rings. The second-order valence-electron chi connectivity index (χ2n) is 4.06. The highest BCUT2D eigenvalue weighted by Crippen LogP contribution is 2.30. The summed E-state index contributed by atoms with van der Waals surface area (Å²) in [5, 5.41) is 5.87. The van der Waals surface area contributed by atoms with E-state index in [1.165, 1.54) is 12.1 Å². The molecule has 8 heteroatoms. The third kappa shape index (κ3) is 2.53. The van der Waals surface area contributed by atoms with Crippen LogP contribution in [0.15, 0.2) is 29.1 Å². The molecule has 1 aromatic carbocycles. The molecule has 0 saturated carbocycles.